The van der Waals surface area contributed by atoms with Crippen molar-refractivity contribution in [1.29, 1.82) is 0 Å². The maximum atomic E-state index is 12.7. The number of rotatable bonds is 13. The van der Waals surface area contributed by atoms with Gasteiger partial charge in [0.1, 0.15) is 23.9 Å². The van der Waals surface area contributed by atoms with Crippen LogP contribution in [0.15, 0.2) is 33.2 Å². The lowest BCUT2D eigenvalue weighted by molar-refractivity contribution is -0.136. The van der Waals surface area contributed by atoms with Crippen LogP contribution in [0.25, 0.3) is 11.0 Å². The Hall–Kier alpha value is -2.61. The molecule has 2 heterocycles. The van der Waals surface area contributed by atoms with Gasteiger partial charge in [0.15, 0.2) is 5.76 Å². The molecule has 1 fully saturated rings. The molecule has 3 rings (SSSR count). The minimum absolute atomic E-state index is 0.129. The third-order valence-electron chi connectivity index (χ3n) is 6.37. The molecule has 1 aliphatic heterocycles. The van der Waals surface area contributed by atoms with E-state index in [1.54, 1.807) is 24.0 Å². The fourth-order valence-corrected chi connectivity index (χ4v) is 5.32. The predicted octanol–water partition coefficient (Wildman–Crippen LogP) is 1.98. The number of nitrogens with zero attached hydrogens (tertiary/aromatic N) is 1. The van der Waals surface area contributed by atoms with E-state index in [0.717, 1.165) is 29.1 Å². The molecule has 3 unspecified atom stereocenters. The molecular formula is C26H36BrN5O6S. The number of piperidine rings is 1. The molecule has 39 heavy (non-hydrogen) atoms. The van der Waals surface area contributed by atoms with Crippen LogP contribution in [0.3, 0.4) is 0 Å². The summed E-state index contributed by atoms with van der Waals surface area (Å²) in [6.45, 7) is 3.09. The highest BCUT2D eigenvalue weighted by molar-refractivity contribution is 9.10. The Morgan fingerprint density at radius 2 is 1.85 bits per heavy atom. The maximum Gasteiger partial charge on any atom is 0.287 e. The van der Waals surface area contributed by atoms with Crippen LogP contribution in [0.5, 0.6) is 0 Å². The molecule has 0 spiro atoms. The number of hydrogen-bond acceptors (Lipinski definition) is 7. The number of carbonyl (C=O) groups is 4. The summed E-state index contributed by atoms with van der Waals surface area (Å²) in [6.07, 6.45) is 5.94. The maximum absolute atomic E-state index is 12.7. The van der Waals surface area contributed by atoms with Crippen molar-refractivity contribution in [2.75, 3.05) is 32.4 Å². The largest absolute Gasteiger partial charge is 0.598 e. The highest BCUT2D eigenvalue weighted by Crippen LogP contribution is 2.23. The van der Waals surface area contributed by atoms with E-state index in [1.807, 2.05) is 12.1 Å². The van der Waals surface area contributed by atoms with Crippen molar-refractivity contribution in [3.05, 3.63) is 34.5 Å². The number of nitrogens with one attached hydrogen (secondary N) is 4. The van der Waals surface area contributed by atoms with Crippen molar-refractivity contribution in [3.8, 4) is 0 Å². The van der Waals surface area contributed by atoms with Crippen molar-refractivity contribution in [2.45, 2.75) is 57.5 Å². The standard InChI is InChI=1S/C26H36BrN5O6S/c1-17(26(36)32-12-6-3-7-13-32)30-23(33)16-29-24(34)20(31-39(2)37)8-4-5-11-28-25(35)22-14-18-9-10-19(27)15-21(18)38-22/h9-10,14-15,17,20,31H,3-8,11-13,16H2,1-2H3,(H,28,35)(H,29,34)(H,30,33). The first-order valence-corrected chi connectivity index (χ1v) is 15.4. The van der Waals surface area contributed by atoms with Crippen LogP contribution in [-0.4, -0.2) is 77.6 Å². The third kappa shape index (κ3) is 9.82. The fraction of sp³-hybridized carbons (Fsp3) is 0.538. The number of amides is 4. The first kappa shape index (κ1) is 30.9. The van der Waals surface area contributed by atoms with E-state index in [4.69, 9.17) is 4.42 Å². The summed E-state index contributed by atoms with van der Waals surface area (Å²) in [6, 6.07) is 5.74. The van der Waals surface area contributed by atoms with Crippen LogP contribution in [0.1, 0.15) is 56.0 Å². The quantitative estimate of drug-likeness (QED) is 0.196. The van der Waals surface area contributed by atoms with E-state index >= 15 is 0 Å². The van der Waals surface area contributed by atoms with Gasteiger partial charge in [-0.1, -0.05) is 15.9 Å². The number of benzene rings is 1. The number of fused-ring (bicyclic) bond motifs is 1. The molecular weight excluding hydrogens is 590 g/mol. The summed E-state index contributed by atoms with van der Waals surface area (Å²) >= 11 is 1.93. The molecule has 1 aromatic heterocycles. The first-order chi connectivity index (χ1) is 18.6. The monoisotopic (exact) mass is 625 g/mol. The van der Waals surface area contributed by atoms with Gasteiger partial charge >= 0.3 is 0 Å². The molecule has 0 aliphatic carbocycles. The molecule has 11 nitrogen and oxygen atoms in total. The number of furan rings is 1. The molecule has 0 bridgehead atoms. The summed E-state index contributed by atoms with van der Waals surface area (Å²) in [5.74, 6) is -1.18. The molecule has 4 amide bonds. The Kier molecular flexibility index (Phi) is 12.1. The van der Waals surface area contributed by atoms with Gasteiger partial charge in [-0.15, -0.1) is 4.72 Å². The molecule has 1 aromatic carbocycles. The van der Waals surface area contributed by atoms with E-state index in [9.17, 15) is 23.7 Å². The molecule has 0 radical (unpaired) electrons. The number of carbonyl (C=O) groups excluding carboxylic acids is 4. The molecule has 4 N–H and O–H groups in total. The van der Waals surface area contributed by atoms with E-state index in [0.29, 0.717) is 44.5 Å². The molecule has 0 saturated carbocycles. The normalized spacial score (nSPS) is 15.8. The average molecular weight is 627 g/mol. The third-order valence-corrected chi connectivity index (χ3v) is 7.48. The molecule has 3 atom stereocenters. The number of hydrogen-bond donors (Lipinski definition) is 4. The smallest absolute Gasteiger partial charge is 0.287 e. The highest BCUT2D eigenvalue weighted by Gasteiger charge is 2.25. The van der Waals surface area contributed by atoms with Crippen molar-refractivity contribution >= 4 is 61.9 Å². The second-order valence-corrected chi connectivity index (χ2v) is 11.6. The molecule has 1 aliphatic rings. The van der Waals surface area contributed by atoms with Crippen molar-refractivity contribution in [3.63, 3.8) is 0 Å². The van der Waals surface area contributed by atoms with E-state index < -0.39 is 35.3 Å². The Morgan fingerprint density at radius 1 is 1.10 bits per heavy atom. The Labute approximate surface area is 239 Å². The van der Waals surface area contributed by atoms with Crippen LogP contribution < -0.4 is 20.7 Å². The van der Waals surface area contributed by atoms with Gasteiger partial charge in [0.2, 0.25) is 17.7 Å². The van der Waals surface area contributed by atoms with Gasteiger partial charge in [0.05, 0.1) is 6.54 Å². The van der Waals surface area contributed by atoms with Crippen LogP contribution in [-0.2, 0) is 25.7 Å². The highest BCUT2D eigenvalue weighted by atomic mass is 79.9. The Morgan fingerprint density at radius 3 is 2.56 bits per heavy atom. The summed E-state index contributed by atoms with van der Waals surface area (Å²) in [5, 5.41) is 8.81. The lowest BCUT2D eigenvalue weighted by Gasteiger charge is -2.29. The first-order valence-electron chi connectivity index (χ1n) is 13.1. The zero-order valence-electron chi connectivity index (χ0n) is 22.2. The van der Waals surface area contributed by atoms with Crippen LogP contribution in [0, 0.1) is 0 Å². The second-order valence-electron chi connectivity index (χ2n) is 9.56. The van der Waals surface area contributed by atoms with Gasteiger partial charge in [-0.3, -0.25) is 19.2 Å². The number of likely N-dealkylation sites (tertiary alicyclic amines) is 1. The number of halogens is 1. The Balaban J connectivity index is 1.38. The zero-order valence-corrected chi connectivity index (χ0v) is 24.6. The topological polar surface area (TPSA) is 156 Å². The van der Waals surface area contributed by atoms with Crippen molar-refractivity contribution < 1.29 is 28.1 Å². The van der Waals surface area contributed by atoms with Crippen LogP contribution >= 0.6 is 15.9 Å². The molecule has 214 valence electrons. The molecule has 1 saturated heterocycles. The SMILES string of the molecule is CC(NC(=O)CNC(=O)C(CCCCNC(=O)c1cc2ccc(Br)cc2o1)N[S+](C)[O-])C(=O)N1CCCCC1. The lowest BCUT2D eigenvalue weighted by atomic mass is 10.1. The summed E-state index contributed by atoms with van der Waals surface area (Å²) < 4.78 is 20.9. The minimum Gasteiger partial charge on any atom is -0.598 e. The Bertz CT molecular complexity index is 1150. The van der Waals surface area contributed by atoms with Crippen LogP contribution in [0.4, 0.5) is 0 Å². The van der Waals surface area contributed by atoms with Gasteiger partial charge in [-0.05, 0) is 69.7 Å². The second kappa shape index (κ2) is 15.2. The summed E-state index contributed by atoms with van der Waals surface area (Å²) in [5.41, 5.74) is 0.610. The van der Waals surface area contributed by atoms with Gasteiger partial charge in [-0.25, -0.2) is 0 Å². The number of unbranched alkanes of at least 4 members (excludes halogenated alkanes) is 1. The lowest BCUT2D eigenvalue weighted by Crippen LogP contribution is -2.52. The van der Waals surface area contributed by atoms with Gasteiger partial charge in [-0.2, -0.15) is 0 Å². The van der Waals surface area contributed by atoms with Crippen molar-refractivity contribution in [2.24, 2.45) is 0 Å². The van der Waals surface area contributed by atoms with Crippen LogP contribution in [0.2, 0.25) is 0 Å². The average Bonchev–Trinajstić information content (AvgIpc) is 3.34. The molecule has 2 aromatic rings. The van der Waals surface area contributed by atoms with Crippen molar-refractivity contribution in [1.82, 2.24) is 25.6 Å². The fourth-order valence-electron chi connectivity index (χ4n) is 4.36. The summed E-state index contributed by atoms with van der Waals surface area (Å²) in [7, 11) is 0. The summed E-state index contributed by atoms with van der Waals surface area (Å²) in [4.78, 5) is 51.6. The van der Waals surface area contributed by atoms with Gasteiger partial charge in [0, 0.05) is 40.9 Å². The molecule has 13 heteroatoms. The zero-order chi connectivity index (χ0) is 28.4. The van der Waals surface area contributed by atoms with E-state index in [2.05, 4.69) is 36.6 Å². The van der Waals surface area contributed by atoms with Gasteiger partial charge in [0.25, 0.3) is 5.91 Å². The van der Waals surface area contributed by atoms with Gasteiger partial charge < -0.3 is 29.8 Å². The van der Waals surface area contributed by atoms with E-state index in [1.165, 1.54) is 6.26 Å². The predicted molar refractivity (Wildman–Crippen MR) is 152 cm³/mol. The van der Waals surface area contributed by atoms with E-state index in [-0.39, 0.29) is 24.1 Å². The minimum atomic E-state index is -1.45.